The zero-order chi connectivity index (χ0) is 13.8. The number of thioether (sulfide) groups is 1. The third kappa shape index (κ3) is 3.43. The summed E-state index contributed by atoms with van der Waals surface area (Å²) in [5.74, 6) is -0.387. The Balaban J connectivity index is 2.20. The van der Waals surface area contributed by atoms with Crippen molar-refractivity contribution < 1.29 is 4.39 Å². The van der Waals surface area contributed by atoms with Crippen LogP contribution in [0.2, 0.25) is 5.02 Å². The summed E-state index contributed by atoms with van der Waals surface area (Å²) in [6.45, 7) is 2.03. The molecule has 0 bridgehead atoms. The average Bonchev–Trinajstić information content (AvgIpc) is 2.42. The van der Waals surface area contributed by atoms with E-state index in [1.807, 2.05) is 31.4 Å². The number of benzene rings is 2. The molecule has 1 unspecified atom stereocenters. The van der Waals surface area contributed by atoms with E-state index < -0.39 is 0 Å². The van der Waals surface area contributed by atoms with Crippen LogP contribution < -0.4 is 5.32 Å². The van der Waals surface area contributed by atoms with Crippen LogP contribution in [0.25, 0.3) is 0 Å². The maximum atomic E-state index is 13.2. The van der Waals surface area contributed by atoms with Gasteiger partial charge in [0.05, 0.1) is 5.02 Å². The van der Waals surface area contributed by atoms with Gasteiger partial charge in [-0.05, 0) is 43.0 Å². The van der Waals surface area contributed by atoms with Crippen molar-refractivity contribution in [2.24, 2.45) is 0 Å². The molecule has 0 heterocycles. The minimum atomic E-state index is -0.387. The van der Waals surface area contributed by atoms with Crippen LogP contribution in [0.4, 0.5) is 10.1 Å². The second-order valence-corrected chi connectivity index (χ2v) is 5.50. The fourth-order valence-electron chi connectivity index (χ4n) is 1.86. The van der Waals surface area contributed by atoms with Gasteiger partial charge in [0.2, 0.25) is 0 Å². The van der Waals surface area contributed by atoms with Crippen molar-refractivity contribution >= 4 is 29.1 Å². The summed E-state index contributed by atoms with van der Waals surface area (Å²) in [6, 6.07) is 13.0. The van der Waals surface area contributed by atoms with E-state index in [1.165, 1.54) is 11.0 Å². The first kappa shape index (κ1) is 14.2. The Morgan fingerprint density at radius 1 is 1.21 bits per heavy atom. The summed E-state index contributed by atoms with van der Waals surface area (Å²) in [5, 5.41) is 3.58. The smallest absolute Gasteiger partial charge is 0.141 e. The Morgan fingerprint density at radius 3 is 2.63 bits per heavy atom. The van der Waals surface area contributed by atoms with E-state index in [9.17, 15) is 4.39 Å². The fraction of sp³-hybridized carbons (Fsp3) is 0.200. The molecule has 0 amide bonds. The van der Waals surface area contributed by atoms with Crippen LogP contribution in [0.15, 0.2) is 47.4 Å². The molecule has 0 saturated heterocycles. The lowest BCUT2D eigenvalue weighted by atomic mass is 10.1. The van der Waals surface area contributed by atoms with Crippen LogP contribution in [0.1, 0.15) is 18.5 Å². The second kappa shape index (κ2) is 6.31. The van der Waals surface area contributed by atoms with Gasteiger partial charge in [-0.2, -0.15) is 0 Å². The predicted octanol–water partition coefficient (Wildman–Crippen LogP) is 5.37. The van der Waals surface area contributed by atoms with Crippen molar-refractivity contribution in [3.63, 3.8) is 0 Å². The minimum Gasteiger partial charge on any atom is -0.378 e. The van der Waals surface area contributed by atoms with Gasteiger partial charge in [-0.25, -0.2) is 4.39 Å². The molecule has 2 aromatic rings. The molecule has 100 valence electrons. The van der Waals surface area contributed by atoms with Gasteiger partial charge in [-0.15, -0.1) is 11.8 Å². The number of rotatable bonds is 4. The van der Waals surface area contributed by atoms with Crippen LogP contribution in [0, 0.1) is 5.82 Å². The lowest BCUT2D eigenvalue weighted by Gasteiger charge is -2.18. The first-order chi connectivity index (χ1) is 9.11. The van der Waals surface area contributed by atoms with Crippen molar-refractivity contribution in [1.29, 1.82) is 0 Å². The molecule has 0 aliphatic heterocycles. The molecule has 4 heteroatoms. The fourth-order valence-corrected chi connectivity index (χ4v) is 2.61. The van der Waals surface area contributed by atoms with E-state index in [4.69, 9.17) is 11.6 Å². The third-order valence-corrected chi connectivity index (χ3v) is 4.01. The molecule has 0 aliphatic carbocycles. The van der Waals surface area contributed by atoms with Crippen LogP contribution in [0.5, 0.6) is 0 Å². The van der Waals surface area contributed by atoms with Gasteiger partial charge in [0.25, 0.3) is 0 Å². The molecule has 1 N–H and O–H groups in total. The third-order valence-electron chi connectivity index (χ3n) is 2.92. The highest BCUT2D eigenvalue weighted by Gasteiger charge is 2.10. The van der Waals surface area contributed by atoms with Crippen LogP contribution >= 0.6 is 23.4 Å². The van der Waals surface area contributed by atoms with E-state index in [0.717, 1.165) is 11.3 Å². The van der Waals surface area contributed by atoms with Gasteiger partial charge in [-0.1, -0.05) is 29.8 Å². The number of halogens is 2. The number of hydrogen-bond acceptors (Lipinski definition) is 2. The standard InChI is InChI=1S/C15H15ClFNS/c1-10(11-7-8-13(17)12(16)9-11)18-14-5-3-4-6-15(14)19-2/h3-10,18H,1-2H3. The van der Waals surface area contributed by atoms with E-state index in [0.29, 0.717) is 0 Å². The number of hydrogen-bond donors (Lipinski definition) is 1. The van der Waals surface area contributed by atoms with Crippen molar-refractivity contribution in [2.75, 3.05) is 11.6 Å². The zero-order valence-corrected chi connectivity index (χ0v) is 12.4. The molecule has 1 nitrogen and oxygen atoms in total. The lowest BCUT2D eigenvalue weighted by molar-refractivity contribution is 0.627. The Kier molecular flexibility index (Phi) is 4.72. The van der Waals surface area contributed by atoms with Gasteiger partial charge in [-0.3, -0.25) is 0 Å². The van der Waals surface area contributed by atoms with Gasteiger partial charge < -0.3 is 5.32 Å². The molecule has 19 heavy (non-hydrogen) atoms. The topological polar surface area (TPSA) is 12.0 Å². The summed E-state index contributed by atoms with van der Waals surface area (Å²) >= 11 is 7.50. The van der Waals surface area contributed by atoms with Gasteiger partial charge in [0, 0.05) is 16.6 Å². The second-order valence-electron chi connectivity index (χ2n) is 4.24. The van der Waals surface area contributed by atoms with E-state index in [1.54, 1.807) is 23.9 Å². The van der Waals surface area contributed by atoms with Crippen LogP contribution in [-0.2, 0) is 0 Å². The summed E-state index contributed by atoms with van der Waals surface area (Å²) in [7, 11) is 0. The number of para-hydroxylation sites is 1. The highest BCUT2D eigenvalue weighted by Crippen LogP contribution is 2.29. The number of nitrogens with one attached hydrogen (secondary N) is 1. The minimum absolute atomic E-state index is 0.0615. The SMILES string of the molecule is CSc1ccccc1NC(C)c1ccc(F)c(Cl)c1. The summed E-state index contributed by atoms with van der Waals surface area (Å²) in [4.78, 5) is 1.18. The molecule has 0 aliphatic rings. The predicted molar refractivity (Wildman–Crippen MR) is 81.7 cm³/mol. The maximum Gasteiger partial charge on any atom is 0.141 e. The zero-order valence-electron chi connectivity index (χ0n) is 10.8. The first-order valence-electron chi connectivity index (χ1n) is 5.96. The quantitative estimate of drug-likeness (QED) is 0.761. The summed E-state index contributed by atoms with van der Waals surface area (Å²) in [5.41, 5.74) is 2.03. The molecular formula is C15H15ClFNS. The Hall–Kier alpha value is -1.19. The molecular weight excluding hydrogens is 281 g/mol. The molecule has 1 atom stereocenters. The molecule has 2 rings (SSSR count). The van der Waals surface area contributed by atoms with Crippen molar-refractivity contribution in [2.45, 2.75) is 17.9 Å². The van der Waals surface area contributed by atoms with E-state index in [2.05, 4.69) is 11.4 Å². The highest BCUT2D eigenvalue weighted by atomic mass is 35.5. The molecule has 0 fully saturated rings. The first-order valence-corrected chi connectivity index (χ1v) is 7.56. The molecule has 0 aromatic heterocycles. The maximum absolute atomic E-state index is 13.2. The average molecular weight is 296 g/mol. The summed E-state index contributed by atoms with van der Waals surface area (Å²) in [6.07, 6.45) is 2.04. The van der Waals surface area contributed by atoms with E-state index in [-0.39, 0.29) is 16.9 Å². The molecule has 0 saturated carbocycles. The lowest BCUT2D eigenvalue weighted by Crippen LogP contribution is -2.07. The Labute approximate surface area is 122 Å². The van der Waals surface area contributed by atoms with Gasteiger partial charge in [0.1, 0.15) is 5.82 Å². The Bertz CT molecular complexity index is 574. The Morgan fingerprint density at radius 2 is 1.95 bits per heavy atom. The molecule has 0 radical (unpaired) electrons. The van der Waals surface area contributed by atoms with Crippen molar-refractivity contribution in [3.05, 3.63) is 58.9 Å². The van der Waals surface area contributed by atoms with Crippen LogP contribution in [0.3, 0.4) is 0 Å². The summed E-state index contributed by atoms with van der Waals surface area (Å²) < 4.78 is 13.2. The largest absolute Gasteiger partial charge is 0.378 e. The van der Waals surface area contributed by atoms with E-state index >= 15 is 0 Å². The van der Waals surface area contributed by atoms with Crippen LogP contribution in [-0.4, -0.2) is 6.26 Å². The molecule has 0 spiro atoms. The van der Waals surface area contributed by atoms with Crippen molar-refractivity contribution in [3.8, 4) is 0 Å². The van der Waals surface area contributed by atoms with Crippen molar-refractivity contribution in [1.82, 2.24) is 0 Å². The normalized spacial score (nSPS) is 12.2. The van der Waals surface area contributed by atoms with Gasteiger partial charge >= 0.3 is 0 Å². The molecule has 2 aromatic carbocycles. The monoisotopic (exact) mass is 295 g/mol. The number of anilines is 1. The highest BCUT2D eigenvalue weighted by molar-refractivity contribution is 7.98. The van der Waals surface area contributed by atoms with Gasteiger partial charge in [0.15, 0.2) is 0 Å².